The number of aromatic nitrogens is 4. The molecular weight excluding hydrogens is 493 g/mol. The van der Waals surface area contributed by atoms with Gasteiger partial charge in [0.15, 0.2) is 0 Å². The minimum Gasteiger partial charge on any atom is -0.379 e. The minimum absolute atomic E-state index is 0.00467. The number of amides is 1. The average Bonchev–Trinajstić information content (AvgIpc) is 2.80. The molecule has 1 fully saturated rings. The summed E-state index contributed by atoms with van der Waals surface area (Å²) in [6.45, 7) is 4.03. The Kier molecular flexibility index (Phi) is 8.43. The third-order valence-electron chi connectivity index (χ3n) is 5.43. The second kappa shape index (κ2) is 11.1. The summed E-state index contributed by atoms with van der Waals surface area (Å²) in [5, 5.41) is 7.71. The summed E-state index contributed by atoms with van der Waals surface area (Å²) in [7, 11) is 0. The van der Waals surface area contributed by atoms with Crippen LogP contribution in [-0.2, 0) is 21.6 Å². The standard InChI is InChI=1S/C21H26F5N7O3/c1-13(30-15-11-29-31-18(35)17(15)21(24,25)26)12-36-8-3-16(34)32-4-6-33(7-5-32)19-27-9-14(10-28-19)20(2,22)23/h9-11,13H,3-8,12H2,1-2H3,(H2,30,31,35)/t13-/m0/s1. The van der Waals surface area contributed by atoms with Crippen LogP contribution in [0.2, 0.25) is 0 Å². The van der Waals surface area contributed by atoms with Crippen molar-refractivity contribution in [1.82, 2.24) is 25.1 Å². The molecule has 36 heavy (non-hydrogen) atoms. The van der Waals surface area contributed by atoms with Gasteiger partial charge in [-0.15, -0.1) is 0 Å². The molecule has 15 heteroatoms. The number of aromatic amines is 1. The highest BCUT2D eigenvalue weighted by Gasteiger charge is 2.37. The van der Waals surface area contributed by atoms with E-state index in [1.54, 1.807) is 21.8 Å². The number of H-pyrrole nitrogens is 1. The van der Waals surface area contributed by atoms with Crippen molar-refractivity contribution in [3.8, 4) is 0 Å². The number of nitrogens with zero attached hydrogens (tertiary/aromatic N) is 5. The first kappa shape index (κ1) is 27.2. The summed E-state index contributed by atoms with van der Waals surface area (Å²) in [6, 6.07) is -0.590. The van der Waals surface area contributed by atoms with Crippen LogP contribution in [0.5, 0.6) is 0 Å². The molecule has 1 aliphatic heterocycles. The molecule has 2 N–H and O–H groups in total. The normalized spacial score (nSPS) is 15.6. The van der Waals surface area contributed by atoms with Gasteiger partial charge in [0.25, 0.3) is 11.5 Å². The fraction of sp³-hybridized carbons (Fsp3) is 0.571. The summed E-state index contributed by atoms with van der Waals surface area (Å²) in [4.78, 5) is 35.4. The molecule has 1 atom stereocenters. The Morgan fingerprint density at radius 2 is 1.78 bits per heavy atom. The molecule has 198 valence electrons. The number of piperazine rings is 1. The van der Waals surface area contributed by atoms with Crippen molar-refractivity contribution in [2.45, 2.75) is 38.4 Å². The second-order valence-electron chi connectivity index (χ2n) is 8.38. The highest BCUT2D eigenvalue weighted by Crippen LogP contribution is 2.31. The van der Waals surface area contributed by atoms with Gasteiger partial charge in [0.2, 0.25) is 11.9 Å². The van der Waals surface area contributed by atoms with Gasteiger partial charge in [-0.25, -0.2) is 23.8 Å². The lowest BCUT2D eigenvalue weighted by Gasteiger charge is -2.34. The lowest BCUT2D eigenvalue weighted by atomic mass is 10.2. The van der Waals surface area contributed by atoms with Crippen LogP contribution in [0.1, 0.15) is 31.4 Å². The molecule has 0 radical (unpaired) electrons. The van der Waals surface area contributed by atoms with Crippen molar-refractivity contribution in [1.29, 1.82) is 0 Å². The fourth-order valence-corrected chi connectivity index (χ4v) is 3.54. The zero-order chi connectivity index (χ0) is 26.5. The Hall–Kier alpha value is -3.36. The van der Waals surface area contributed by atoms with E-state index in [4.69, 9.17) is 4.74 Å². The van der Waals surface area contributed by atoms with E-state index in [2.05, 4.69) is 20.4 Å². The number of carbonyl (C=O) groups is 1. The smallest absolute Gasteiger partial charge is 0.379 e. The molecule has 1 amide bonds. The molecule has 3 heterocycles. The third-order valence-corrected chi connectivity index (χ3v) is 5.43. The zero-order valence-electron chi connectivity index (χ0n) is 19.6. The summed E-state index contributed by atoms with van der Waals surface area (Å²) >= 11 is 0. The Morgan fingerprint density at radius 3 is 2.36 bits per heavy atom. The largest absolute Gasteiger partial charge is 0.423 e. The molecule has 10 nitrogen and oxygen atoms in total. The lowest BCUT2D eigenvalue weighted by Crippen LogP contribution is -2.49. The van der Waals surface area contributed by atoms with E-state index in [0.29, 0.717) is 32.1 Å². The maximum absolute atomic E-state index is 13.3. The van der Waals surface area contributed by atoms with E-state index < -0.39 is 35.0 Å². The summed E-state index contributed by atoms with van der Waals surface area (Å²) in [5.74, 6) is -2.87. The number of alkyl halides is 5. The molecule has 0 bridgehead atoms. The molecule has 2 aromatic heterocycles. The Balaban J connectivity index is 1.40. The van der Waals surface area contributed by atoms with Crippen LogP contribution in [0.3, 0.4) is 0 Å². The van der Waals surface area contributed by atoms with Gasteiger partial charge < -0.3 is 19.9 Å². The van der Waals surface area contributed by atoms with Crippen LogP contribution in [-0.4, -0.2) is 76.4 Å². The number of hydrogen-bond acceptors (Lipinski definition) is 8. The number of halogens is 5. The first-order valence-corrected chi connectivity index (χ1v) is 11.1. The van der Waals surface area contributed by atoms with E-state index in [9.17, 15) is 31.5 Å². The Labute approximate surface area is 202 Å². The summed E-state index contributed by atoms with van der Waals surface area (Å²) in [5.41, 5.74) is -3.46. The van der Waals surface area contributed by atoms with Crippen LogP contribution in [0.4, 0.5) is 33.6 Å². The van der Waals surface area contributed by atoms with Crippen LogP contribution < -0.4 is 15.8 Å². The molecule has 0 unspecified atom stereocenters. The molecule has 2 aromatic rings. The van der Waals surface area contributed by atoms with Crippen molar-refractivity contribution in [3.63, 3.8) is 0 Å². The third kappa shape index (κ3) is 7.08. The SMILES string of the molecule is C[C@@H](COCCC(=O)N1CCN(c2ncc(C(C)(F)F)cn2)CC1)Nc1cn[nH]c(=O)c1C(F)(F)F. The van der Waals surface area contributed by atoms with Gasteiger partial charge in [-0.1, -0.05) is 0 Å². The van der Waals surface area contributed by atoms with Crippen molar-refractivity contribution in [2.75, 3.05) is 49.6 Å². The first-order valence-electron chi connectivity index (χ1n) is 11.1. The molecular formula is C21H26F5N7O3. The Morgan fingerprint density at radius 1 is 1.14 bits per heavy atom. The molecule has 0 saturated carbocycles. The van der Waals surface area contributed by atoms with E-state index in [0.717, 1.165) is 25.5 Å². The van der Waals surface area contributed by atoms with Crippen LogP contribution in [0.25, 0.3) is 0 Å². The number of hydrogen-bond donors (Lipinski definition) is 2. The predicted molar refractivity (Wildman–Crippen MR) is 119 cm³/mol. The highest BCUT2D eigenvalue weighted by molar-refractivity contribution is 5.76. The monoisotopic (exact) mass is 519 g/mol. The first-order chi connectivity index (χ1) is 16.9. The summed E-state index contributed by atoms with van der Waals surface area (Å²) < 4.78 is 71.4. The Bertz CT molecular complexity index is 1080. The van der Waals surface area contributed by atoms with Gasteiger partial charge in [-0.05, 0) is 6.92 Å². The topological polar surface area (TPSA) is 116 Å². The second-order valence-corrected chi connectivity index (χ2v) is 8.38. The zero-order valence-corrected chi connectivity index (χ0v) is 19.6. The lowest BCUT2D eigenvalue weighted by molar-refractivity contribution is -0.138. The maximum atomic E-state index is 13.3. The molecule has 0 spiro atoms. The van der Waals surface area contributed by atoms with Crippen molar-refractivity contribution < 1.29 is 31.5 Å². The van der Waals surface area contributed by atoms with Gasteiger partial charge in [0.05, 0.1) is 37.1 Å². The quantitative estimate of drug-likeness (QED) is 0.383. The number of rotatable bonds is 9. The van der Waals surface area contributed by atoms with E-state index in [-0.39, 0.29) is 31.1 Å². The van der Waals surface area contributed by atoms with Gasteiger partial charge >= 0.3 is 6.18 Å². The number of nitrogens with one attached hydrogen (secondary N) is 2. The molecule has 1 aliphatic rings. The van der Waals surface area contributed by atoms with E-state index in [1.165, 1.54) is 0 Å². The maximum Gasteiger partial charge on any atom is 0.423 e. The van der Waals surface area contributed by atoms with E-state index in [1.807, 2.05) is 0 Å². The summed E-state index contributed by atoms with van der Waals surface area (Å²) in [6.07, 6.45) is -1.73. The minimum atomic E-state index is -4.85. The van der Waals surface area contributed by atoms with Crippen LogP contribution >= 0.6 is 0 Å². The van der Waals surface area contributed by atoms with Gasteiger partial charge in [0, 0.05) is 51.5 Å². The molecule has 3 rings (SSSR count). The van der Waals surface area contributed by atoms with E-state index >= 15 is 0 Å². The molecule has 1 saturated heterocycles. The number of anilines is 2. The van der Waals surface area contributed by atoms with Gasteiger partial charge in [-0.3, -0.25) is 9.59 Å². The van der Waals surface area contributed by atoms with Gasteiger partial charge in [0.1, 0.15) is 5.56 Å². The van der Waals surface area contributed by atoms with Gasteiger partial charge in [-0.2, -0.15) is 18.3 Å². The fourth-order valence-electron chi connectivity index (χ4n) is 3.54. The number of ether oxygens (including phenoxy) is 1. The average molecular weight is 519 g/mol. The molecule has 0 aliphatic carbocycles. The van der Waals surface area contributed by atoms with Crippen molar-refractivity contribution in [2.24, 2.45) is 0 Å². The highest BCUT2D eigenvalue weighted by atomic mass is 19.4. The number of carbonyl (C=O) groups excluding carboxylic acids is 1. The van der Waals surface area contributed by atoms with Crippen LogP contribution in [0, 0.1) is 0 Å². The van der Waals surface area contributed by atoms with Crippen LogP contribution in [0.15, 0.2) is 23.4 Å². The molecule has 0 aromatic carbocycles. The predicted octanol–water partition coefficient (Wildman–Crippen LogP) is 2.25. The van der Waals surface area contributed by atoms with Crippen molar-refractivity contribution >= 4 is 17.5 Å². The van der Waals surface area contributed by atoms with Crippen molar-refractivity contribution in [3.05, 3.63) is 40.1 Å².